The summed E-state index contributed by atoms with van der Waals surface area (Å²) in [5, 5.41) is 3.41. The lowest BCUT2D eigenvalue weighted by Crippen LogP contribution is -2.26. The molecule has 0 radical (unpaired) electrons. The highest BCUT2D eigenvalue weighted by molar-refractivity contribution is 7.78. The lowest BCUT2D eigenvalue weighted by Gasteiger charge is -2.20. The molecule has 5 heteroatoms. The number of aromatic nitrogens is 1. The summed E-state index contributed by atoms with van der Waals surface area (Å²) in [4.78, 5) is 16.4. The molecule has 0 unspecified atom stereocenters. The van der Waals surface area contributed by atoms with E-state index >= 15 is 0 Å². The van der Waals surface area contributed by atoms with Gasteiger partial charge in [-0.05, 0) is 57.5 Å². The Morgan fingerprint density at radius 2 is 2.14 bits per heavy atom. The molecule has 2 aromatic rings. The second-order valence-corrected chi connectivity index (χ2v) is 6.38. The Bertz CT molecular complexity index is 750. The number of para-hydroxylation sites is 1. The number of nitrogens with zero attached hydrogens (tertiary/aromatic N) is 2. The summed E-state index contributed by atoms with van der Waals surface area (Å²) < 4.78 is 7.09. The molecule has 0 bridgehead atoms. The molecule has 116 valence electrons. The SMILES string of the molecule is Cc1cccc2c(CCN=C=S)cn(C(=O)OC(C)(C)C)c12. The minimum atomic E-state index is -0.530. The van der Waals surface area contributed by atoms with Crippen LogP contribution in [0.3, 0.4) is 0 Å². The molecule has 0 saturated heterocycles. The Kier molecular flexibility index (Phi) is 4.79. The molecule has 0 aliphatic heterocycles. The quantitative estimate of drug-likeness (QED) is 0.623. The van der Waals surface area contributed by atoms with Crippen molar-refractivity contribution in [2.75, 3.05) is 6.54 Å². The van der Waals surface area contributed by atoms with E-state index in [0.717, 1.165) is 22.0 Å². The molecule has 0 spiro atoms. The Morgan fingerprint density at radius 1 is 1.41 bits per heavy atom. The van der Waals surface area contributed by atoms with Crippen molar-refractivity contribution in [2.45, 2.75) is 39.7 Å². The molecule has 22 heavy (non-hydrogen) atoms. The fraction of sp³-hybridized carbons (Fsp3) is 0.412. The molecule has 0 atom stereocenters. The molecule has 2 rings (SSSR count). The van der Waals surface area contributed by atoms with Gasteiger partial charge in [-0.2, -0.15) is 0 Å². The first kappa shape index (κ1) is 16.4. The number of hydrogen-bond donors (Lipinski definition) is 0. The van der Waals surface area contributed by atoms with Gasteiger partial charge in [0.15, 0.2) is 0 Å². The van der Waals surface area contributed by atoms with Crippen LogP contribution in [0, 0.1) is 6.92 Å². The van der Waals surface area contributed by atoms with Crippen molar-refractivity contribution in [3.05, 3.63) is 35.5 Å². The van der Waals surface area contributed by atoms with Crippen LogP contribution < -0.4 is 0 Å². The van der Waals surface area contributed by atoms with Crippen LogP contribution in [0.5, 0.6) is 0 Å². The van der Waals surface area contributed by atoms with E-state index in [-0.39, 0.29) is 6.09 Å². The molecule has 0 fully saturated rings. The van der Waals surface area contributed by atoms with Gasteiger partial charge in [0.25, 0.3) is 0 Å². The summed E-state index contributed by atoms with van der Waals surface area (Å²) in [6.07, 6.45) is 2.18. The standard InChI is InChI=1S/C17H20N2O2S/c1-12-6-5-7-14-13(8-9-18-11-22)10-19(15(12)14)16(20)21-17(2,3)4/h5-7,10H,8-9H2,1-4H3. The predicted molar refractivity (Wildman–Crippen MR) is 91.9 cm³/mol. The van der Waals surface area contributed by atoms with Crippen LogP contribution in [0.2, 0.25) is 0 Å². The average molecular weight is 316 g/mol. The maximum Gasteiger partial charge on any atom is 0.419 e. The molecule has 1 aromatic carbocycles. The van der Waals surface area contributed by atoms with Gasteiger partial charge >= 0.3 is 6.09 Å². The van der Waals surface area contributed by atoms with E-state index in [1.807, 2.05) is 52.1 Å². The second kappa shape index (κ2) is 6.42. The first-order valence-corrected chi connectivity index (χ1v) is 7.61. The normalized spacial score (nSPS) is 11.3. The fourth-order valence-corrected chi connectivity index (χ4v) is 2.50. The molecule has 0 aliphatic carbocycles. The van der Waals surface area contributed by atoms with E-state index in [9.17, 15) is 4.79 Å². The first-order chi connectivity index (χ1) is 10.3. The van der Waals surface area contributed by atoms with Gasteiger partial charge in [0.2, 0.25) is 0 Å². The number of thiocarbonyl (C=S) groups is 1. The number of fused-ring (bicyclic) bond motifs is 1. The van der Waals surface area contributed by atoms with Gasteiger partial charge in [-0.1, -0.05) is 18.2 Å². The van der Waals surface area contributed by atoms with Gasteiger partial charge in [0, 0.05) is 11.6 Å². The molecule has 1 aromatic heterocycles. The number of isothiocyanates is 1. The minimum absolute atomic E-state index is 0.364. The lowest BCUT2D eigenvalue weighted by atomic mass is 10.1. The third-order valence-electron chi connectivity index (χ3n) is 3.26. The number of rotatable bonds is 3. The third kappa shape index (κ3) is 3.62. The van der Waals surface area contributed by atoms with Gasteiger partial charge in [0.05, 0.1) is 17.2 Å². The fourth-order valence-electron chi connectivity index (χ4n) is 2.40. The van der Waals surface area contributed by atoms with Gasteiger partial charge < -0.3 is 4.74 Å². The summed E-state index contributed by atoms with van der Waals surface area (Å²) in [5.74, 6) is 0. The van der Waals surface area contributed by atoms with Crippen molar-refractivity contribution >= 4 is 34.4 Å². The average Bonchev–Trinajstić information content (AvgIpc) is 2.78. The summed E-state index contributed by atoms with van der Waals surface area (Å²) in [7, 11) is 0. The molecule has 0 aliphatic rings. The number of carbonyl (C=O) groups excluding carboxylic acids is 1. The van der Waals surface area contributed by atoms with Crippen molar-refractivity contribution in [1.29, 1.82) is 0 Å². The Hall–Kier alpha value is -1.97. The molecule has 0 amide bonds. The zero-order chi connectivity index (χ0) is 16.3. The van der Waals surface area contributed by atoms with Crippen LogP contribution in [-0.2, 0) is 11.2 Å². The van der Waals surface area contributed by atoms with E-state index in [1.165, 1.54) is 0 Å². The highest BCUT2D eigenvalue weighted by Crippen LogP contribution is 2.26. The number of carbonyl (C=O) groups is 1. The second-order valence-electron chi connectivity index (χ2n) is 6.20. The molecular formula is C17H20N2O2S. The third-order valence-corrected chi connectivity index (χ3v) is 3.39. The Morgan fingerprint density at radius 3 is 2.77 bits per heavy atom. The number of hydrogen-bond acceptors (Lipinski definition) is 4. The van der Waals surface area contributed by atoms with Crippen molar-refractivity contribution < 1.29 is 9.53 Å². The van der Waals surface area contributed by atoms with Gasteiger partial charge in [-0.3, -0.25) is 4.57 Å². The summed E-state index contributed by atoms with van der Waals surface area (Å²) in [6.45, 7) is 8.13. The van der Waals surface area contributed by atoms with Crippen LogP contribution in [0.25, 0.3) is 10.9 Å². The van der Waals surface area contributed by atoms with Gasteiger partial charge in [-0.25, -0.2) is 9.79 Å². The van der Waals surface area contributed by atoms with E-state index in [2.05, 4.69) is 22.4 Å². The van der Waals surface area contributed by atoms with Crippen molar-refractivity contribution in [2.24, 2.45) is 4.99 Å². The maximum absolute atomic E-state index is 12.5. The molecule has 0 saturated carbocycles. The van der Waals surface area contributed by atoms with Gasteiger partial charge in [-0.15, -0.1) is 0 Å². The number of aliphatic imine (C=N–C) groups is 1. The van der Waals surface area contributed by atoms with E-state index in [4.69, 9.17) is 4.74 Å². The molecular weight excluding hydrogens is 296 g/mol. The molecule has 0 N–H and O–H groups in total. The first-order valence-electron chi connectivity index (χ1n) is 7.20. The minimum Gasteiger partial charge on any atom is -0.443 e. The Labute approximate surface area is 135 Å². The number of benzene rings is 1. The lowest BCUT2D eigenvalue weighted by molar-refractivity contribution is 0.0544. The largest absolute Gasteiger partial charge is 0.443 e. The van der Waals surface area contributed by atoms with Crippen molar-refractivity contribution in [3.63, 3.8) is 0 Å². The van der Waals surface area contributed by atoms with Crippen molar-refractivity contribution in [3.8, 4) is 0 Å². The number of ether oxygens (including phenoxy) is 1. The van der Waals surface area contributed by atoms with E-state index < -0.39 is 5.60 Å². The monoisotopic (exact) mass is 316 g/mol. The van der Waals surface area contributed by atoms with Gasteiger partial charge in [0.1, 0.15) is 5.60 Å². The van der Waals surface area contributed by atoms with Crippen LogP contribution in [-0.4, -0.2) is 28.0 Å². The zero-order valence-electron chi connectivity index (χ0n) is 13.3. The molecule has 1 heterocycles. The van der Waals surface area contributed by atoms with Crippen molar-refractivity contribution in [1.82, 2.24) is 4.57 Å². The topological polar surface area (TPSA) is 43.6 Å². The summed E-state index contributed by atoms with van der Waals surface area (Å²) in [5.41, 5.74) is 2.45. The van der Waals surface area contributed by atoms with Crippen LogP contribution in [0.15, 0.2) is 29.4 Å². The van der Waals surface area contributed by atoms with E-state index in [0.29, 0.717) is 13.0 Å². The molecule has 4 nitrogen and oxygen atoms in total. The van der Waals surface area contributed by atoms with Crippen LogP contribution in [0.1, 0.15) is 31.9 Å². The summed E-state index contributed by atoms with van der Waals surface area (Å²) in [6, 6.07) is 5.99. The Balaban J connectivity index is 2.49. The zero-order valence-corrected chi connectivity index (χ0v) is 14.2. The smallest absolute Gasteiger partial charge is 0.419 e. The maximum atomic E-state index is 12.5. The number of aryl methyl sites for hydroxylation is 1. The summed E-state index contributed by atoms with van der Waals surface area (Å²) >= 11 is 4.59. The van der Waals surface area contributed by atoms with Crippen LogP contribution >= 0.6 is 12.2 Å². The highest BCUT2D eigenvalue weighted by atomic mass is 32.1. The van der Waals surface area contributed by atoms with E-state index in [1.54, 1.807) is 4.57 Å². The van der Waals surface area contributed by atoms with Crippen LogP contribution in [0.4, 0.5) is 4.79 Å². The highest BCUT2D eigenvalue weighted by Gasteiger charge is 2.21. The predicted octanol–water partition coefficient (Wildman–Crippen LogP) is 4.38.